The molecule has 8 heterocycles. The highest BCUT2D eigenvalue weighted by atomic mass is 16.6. The van der Waals surface area contributed by atoms with Crippen LogP contribution in [0.15, 0.2) is 48.4 Å². The highest BCUT2D eigenvalue weighted by Crippen LogP contribution is 2.50. The third-order valence-corrected chi connectivity index (χ3v) is 18.0. The van der Waals surface area contributed by atoms with Gasteiger partial charge in [-0.3, -0.25) is 38.8 Å². The molecular weight excluding hydrogens is 1520 g/mol. The summed E-state index contributed by atoms with van der Waals surface area (Å²) < 4.78 is 821. The van der Waals surface area contributed by atoms with E-state index in [0.29, 0.717) is 43.1 Å². The smallest absolute Gasteiger partial charge is 0.323 e. The average Bonchev–Trinajstić information content (AvgIpc) is 0.668. The summed E-state index contributed by atoms with van der Waals surface area (Å²) >= 11 is 0. The lowest BCUT2D eigenvalue weighted by Crippen LogP contribution is -2.51. The molecule has 4 saturated heterocycles. The molecule has 0 aromatic heterocycles. The molecule has 0 bridgehead atoms. The maximum absolute atomic E-state index is 13.8. The average molecular weight is 1770 g/mol. The lowest BCUT2D eigenvalue weighted by Gasteiger charge is -2.47. The topological polar surface area (TPSA) is 296 Å². The Morgan fingerprint density at radius 3 is 1.09 bits per heavy atom. The standard InChI is InChI=1S/4C24H38N2O4/c4*1-14(2)9-17-13-26-8-7-16-10-21(28-5)22(29-6)11-18(16)19(26)12-20(17)30-24(27)23(25)15(3)4/h4*10-11,14-15,17,19-20,23H,7-9,12-13,25H2,1-6H3/t4*17?,19?,20?,23-/m0000/s1/i2*1D3,3D3,4D3,5D3,7D2,8D2,9D2,10D,11D,14D,15D,19D,20D,23D;1D3,3D3,4D3,7D2,8D2,9D2,10D,11D,14D,15D,19D,20D,23D;1D3,3D3,4D3,9D2,12D2,13D2,14D,15D,17D,23D/t4*14?,17?,19?,20?,23-. The van der Waals surface area contributed by atoms with Gasteiger partial charge in [-0.05, 0) is 191 Å². The molecule has 24 heteroatoms. The summed E-state index contributed by atoms with van der Waals surface area (Å²) in [7, 11) is -0.468. The number of hydrogen-bond donors (Lipinski definition) is 4. The van der Waals surface area contributed by atoms with E-state index in [1.165, 1.54) is 26.4 Å². The molecule has 12 rings (SSSR count). The number of nitrogens with two attached hydrogens (primary N) is 4. The predicted molar refractivity (Wildman–Crippen MR) is 471 cm³/mol. The fourth-order valence-corrected chi connectivity index (χ4v) is 12.4. The van der Waals surface area contributed by atoms with Crippen molar-refractivity contribution in [2.45, 2.75) is 259 Å². The molecule has 672 valence electrons. The lowest BCUT2D eigenvalue weighted by molar-refractivity contribution is -0.161. The Balaban J connectivity index is 0.000000303. The molecule has 24 nitrogen and oxygen atoms in total. The molecule has 4 aromatic carbocycles. The van der Waals surface area contributed by atoms with Gasteiger partial charge in [-0.2, -0.15) is 0 Å². The minimum atomic E-state index is -4.26. The Kier molecular flexibility index (Phi) is 11.5. The second kappa shape index (κ2) is 43.9. The van der Waals surface area contributed by atoms with Crippen molar-refractivity contribution in [2.24, 2.45) is 93.7 Å². The van der Waals surface area contributed by atoms with E-state index >= 15 is 0 Å². The van der Waals surface area contributed by atoms with Crippen LogP contribution in [-0.4, -0.2) is 201 Å². The summed E-state index contributed by atoms with van der Waals surface area (Å²) in [5.41, 5.74) is 16.5. The summed E-state index contributed by atoms with van der Waals surface area (Å²) in [5.74, 6) is -57.4. The van der Waals surface area contributed by atoms with Crippen molar-refractivity contribution in [2.75, 3.05) is 109 Å². The number of nitrogens with zero attached hydrogens (tertiary/aromatic N) is 4. The van der Waals surface area contributed by atoms with Gasteiger partial charge in [0.2, 0.25) is 0 Å². The van der Waals surface area contributed by atoms with Crippen LogP contribution in [0.2, 0.25) is 0 Å². The zero-order valence-corrected chi connectivity index (χ0v) is 65.8. The molecule has 8 aliphatic heterocycles. The first-order valence-corrected chi connectivity index (χ1v) is 35.2. The van der Waals surface area contributed by atoms with Crippen LogP contribution >= 0.6 is 0 Å². The molecule has 20 atom stereocenters. The van der Waals surface area contributed by atoms with Gasteiger partial charge in [0.05, 0.1) is 86.9 Å². The van der Waals surface area contributed by atoms with Crippen LogP contribution in [0.1, 0.15) is 354 Å². The van der Waals surface area contributed by atoms with Gasteiger partial charge in [-0.15, -0.1) is 0 Å². The van der Waals surface area contributed by atoms with Gasteiger partial charge in [-0.25, -0.2) is 0 Å². The summed E-state index contributed by atoms with van der Waals surface area (Å²) in [6.45, 7) is -64.2. The minimum Gasteiger partial charge on any atom is -0.493 e. The molecule has 16 unspecified atom stereocenters. The minimum absolute atomic E-state index is 0.0219. The van der Waals surface area contributed by atoms with Crippen molar-refractivity contribution >= 4 is 23.9 Å². The third kappa shape index (κ3) is 23.8. The second-order valence-corrected chi connectivity index (χ2v) is 26.1. The molecule has 8 aliphatic rings. The van der Waals surface area contributed by atoms with Crippen LogP contribution < -0.4 is 60.8 Å². The number of fused-ring (bicyclic) bond motifs is 12. The molecular formula is C96H152N8O16. The van der Waals surface area contributed by atoms with Crippen molar-refractivity contribution in [3.8, 4) is 46.0 Å². The molecule has 0 aliphatic carbocycles. The van der Waals surface area contributed by atoms with Gasteiger partial charge in [0.15, 0.2) is 46.0 Å². The van der Waals surface area contributed by atoms with Crippen LogP contribution in [-0.2, 0) is 63.7 Å². The highest BCUT2D eigenvalue weighted by molar-refractivity contribution is 5.77. The molecule has 120 heavy (non-hydrogen) atoms. The number of piperidine rings is 4. The largest absolute Gasteiger partial charge is 0.493 e. The molecule has 4 fully saturated rings. The van der Waals surface area contributed by atoms with Crippen molar-refractivity contribution in [3.05, 3.63) is 92.9 Å². The molecule has 0 saturated carbocycles. The Labute approximate surface area is 846 Å². The van der Waals surface area contributed by atoms with Gasteiger partial charge < -0.3 is 79.8 Å². The number of benzene rings is 4. The van der Waals surface area contributed by atoms with Crippen LogP contribution in [0.5, 0.6) is 46.0 Å². The van der Waals surface area contributed by atoms with Gasteiger partial charge in [0.1, 0.15) is 48.4 Å². The molecule has 8 N–H and O–H groups in total. The normalized spacial score (nSPS) is 49.0. The van der Waals surface area contributed by atoms with E-state index in [-0.39, 0.29) is 33.3 Å². The van der Waals surface area contributed by atoms with Crippen molar-refractivity contribution in [3.63, 3.8) is 0 Å². The Morgan fingerprint density at radius 1 is 0.433 bits per heavy atom. The van der Waals surface area contributed by atoms with Gasteiger partial charge >= 0.3 is 23.9 Å². The van der Waals surface area contributed by atoms with E-state index in [1.807, 2.05) is 0 Å². The van der Waals surface area contributed by atoms with E-state index in [1.54, 1.807) is 0 Å². The zero-order chi connectivity index (χ0) is 167. The number of ether oxygens (including phenoxy) is 12. The summed E-state index contributed by atoms with van der Waals surface area (Å²) in [5, 5.41) is 0. The number of hydrogen-bond acceptors (Lipinski definition) is 24. The first kappa shape index (κ1) is 31.5. The summed E-state index contributed by atoms with van der Waals surface area (Å²) in [6.07, 6.45) is -48.2. The first-order valence-electron chi connectivity index (χ1n) is 80.7. The number of rotatable bonds is 28. The second-order valence-electron chi connectivity index (χ2n) is 26.1. The van der Waals surface area contributed by atoms with E-state index < -0.39 is 490 Å². The summed E-state index contributed by atoms with van der Waals surface area (Å²) in [6, 6.07) is -32.2. The van der Waals surface area contributed by atoms with Gasteiger partial charge in [0, 0.05) is 220 Å². The Bertz CT molecular complexity index is 8030. The number of carbonyl (C=O) groups is 4. The molecule has 4 aromatic rings. The van der Waals surface area contributed by atoms with Crippen molar-refractivity contribution in [1.29, 1.82) is 0 Å². The first-order chi connectivity index (χ1) is 92.2. The predicted octanol–water partition coefficient (Wildman–Crippen LogP) is 14.3. The van der Waals surface area contributed by atoms with Gasteiger partial charge in [-0.1, -0.05) is 110 Å². The van der Waals surface area contributed by atoms with E-state index in [4.69, 9.17) is 189 Å². The number of esters is 4. The van der Waals surface area contributed by atoms with Crippen LogP contribution in [0.3, 0.4) is 0 Å². The van der Waals surface area contributed by atoms with Crippen molar-refractivity contribution in [1.82, 2.24) is 19.6 Å². The molecule has 0 radical (unpaired) electrons. The van der Waals surface area contributed by atoms with E-state index in [0.717, 1.165) is 28.4 Å². The maximum atomic E-state index is 13.8. The van der Waals surface area contributed by atoms with E-state index in [9.17, 15) is 34.3 Å². The molecule has 0 amide bonds. The highest BCUT2D eigenvalue weighted by Gasteiger charge is 2.47. The number of carbonyl (C=O) groups excluding carboxylic acids is 4. The Hall–Kier alpha value is -7.16. The fraction of sp³-hybridized carbons (Fsp3) is 0.708. The molecule has 0 spiro atoms. The number of methoxy groups -OCH3 is 8. The van der Waals surface area contributed by atoms with E-state index in [2.05, 4.69) is 0 Å². The van der Waals surface area contributed by atoms with Gasteiger partial charge in [0.25, 0.3) is 0 Å². The quantitative estimate of drug-likeness (QED) is 0.0303. The monoisotopic (exact) mass is 1760 g/mol. The fourth-order valence-electron chi connectivity index (χ4n) is 12.4. The Morgan fingerprint density at radius 2 is 0.758 bits per heavy atom. The zero-order valence-electron chi connectivity index (χ0n) is 157. The van der Waals surface area contributed by atoms with Crippen LogP contribution in [0.4, 0.5) is 0 Å². The third-order valence-electron chi connectivity index (χ3n) is 18.0. The van der Waals surface area contributed by atoms with Crippen LogP contribution in [0, 0.1) is 70.8 Å². The van der Waals surface area contributed by atoms with Crippen LogP contribution in [0.25, 0.3) is 0 Å². The maximum Gasteiger partial charge on any atom is 0.323 e. The lowest BCUT2D eigenvalue weighted by atomic mass is 9.79. The van der Waals surface area contributed by atoms with Crippen molar-refractivity contribution < 1.29 is 201 Å². The summed E-state index contributed by atoms with van der Waals surface area (Å²) in [4.78, 5) is 56.6. The SMILES string of the molecule is [2H]C1([2H])C2c3cc(OC)c(OC)cc3CCN2C([2H])([2H])C([2H])(C([2H])([2H])C([2H])(C)C([2H])([2H])[2H])C1OC(=O)[C@@]([2H])(N)C([2H])(C([2H])([2H])[2H])C([2H])([2H])[2H].[2H]c1c(OC)c(OC([2H])([2H])[2H])c([2H])c2c1C1([2H])CC([2H])(OC(=O)[C@@]([2H])(N)C([2H])(C([2H])([2H])[2H])C([2H])([2H])[2H])C(C([2H])([2H])C([2H])(C)C([2H])([2H])[2H])CN1C([2H])([2H])C2([2H])[2H].[2H]c1c(OC)c(OC([2H])([2H])[2H])c([2H])c2c1C1([2H])CC([2H])(OC(=O)[C@@]([2H])(N)C([2H])(C([2H])([2H])[2H])C([2H])([2H])[2H])C(C([2H])([2H])C([2H])(C)C([2H])([2H])[2H])CN1C([2H])([2H])C2([2H])[2H].[2H]c1c(OC)c(OC)c([2H])c2c1C1([2H])CC([2H])(OC(=O)[C@@]([2H])(N)C([2H])(C([2H])([2H])[2H])C([2H])([2H])[2H])C(C([2H])([2H])C([2H])(C)C([2H])([2H])[2H])CN1C([2H])([2H])C2([2H])[2H].